The Labute approximate surface area is 136 Å². The number of ether oxygens (including phenoxy) is 2. The highest BCUT2D eigenvalue weighted by Gasteiger charge is 2.08. The number of benzene rings is 1. The number of hydrogen-bond donors (Lipinski definition) is 0. The Morgan fingerprint density at radius 3 is 2.52 bits per heavy atom. The summed E-state index contributed by atoms with van der Waals surface area (Å²) in [6, 6.07) is 5.44. The predicted octanol–water partition coefficient (Wildman–Crippen LogP) is 5.11. The minimum Gasteiger partial charge on any atom is -0.465 e. The van der Waals surface area contributed by atoms with Gasteiger partial charge in [0.15, 0.2) is 0 Å². The Morgan fingerprint density at radius 1 is 1.14 bits per heavy atom. The van der Waals surface area contributed by atoms with Gasteiger partial charge in [-0.2, -0.15) is 0 Å². The van der Waals surface area contributed by atoms with Crippen LogP contribution in [0.4, 0.5) is 0 Å². The minimum atomic E-state index is -0.324. The fourth-order valence-electron chi connectivity index (χ4n) is 2.08. The van der Waals surface area contributed by atoms with Crippen LogP contribution >= 0.6 is 15.9 Å². The van der Waals surface area contributed by atoms with E-state index in [0.717, 1.165) is 23.1 Å². The van der Waals surface area contributed by atoms with Gasteiger partial charge in [0.25, 0.3) is 0 Å². The van der Waals surface area contributed by atoms with Crippen LogP contribution in [0.3, 0.4) is 0 Å². The van der Waals surface area contributed by atoms with Crippen molar-refractivity contribution in [1.29, 1.82) is 0 Å². The molecule has 0 radical (unpaired) electrons. The SMILES string of the molecule is CCCCCCCCOCc1ccc(C(=O)OC)cc1Br. The van der Waals surface area contributed by atoms with Crippen LogP contribution in [-0.2, 0) is 16.1 Å². The molecule has 0 aromatic heterocycles. The van der Waals surface area contributed by atoms with Gasteiger partial charge in [-0.1, -0.05) is 61.0 Å². The zero-order valence-corrected chi connectivity index (χ0v) is 14.6. The third kappa shape index (κ3) is 7.09. The number of rotatable bonds is 10. The van der Waals surface area contributed by atoms with Gasteiger partial charge < -0.3 is 9.47 Å². The summed E-state index contributed by atoms with van der Waals surface area (Å²) in [5.41, 5.74) is 1.60. The monoisotopic (exact) mass is 356 g/mol. The summed E-state index contributed by atoms with van der Waals surface area (Å²) in [7, 11) is 1.38. The van der Waals surface area contributed by atoms with Gasteiger partial charge >= 0.3 is 5.97 Å². The van der Waals surface area contributed by atoms with E-state index in [4.69, 9.17) is 9.47 Å². The minimum absolute atomic E-state index is 0.324. The van der Waals surface area contributed by atoms with Crippen LogP contribution in [0.2, 0.25) is 0 Å². The zero-order valence-electron chi connectivity index (χ0n) is 13.0. The van der Waals surface area contributed by atoms with Gasteiger partial charge in [-0.3, -0.25) is 0 Å². The number of esters is 1. The molecular formula is C17H25BrO3. The van der Waals surface area contributed by atoms with Crippen LogP contribution in [0.25, 0.3) is 0 Å². The topological polar surface area (TPSA) is 35.5 Å². The number of hydrogen-bond acceptors (Lipinski definition) is 3. The molecule has 0 bridgehead atoms. The van der Waals surface area contributed by atoms with Crippen molar-refractivity contribution < 1.29 is 14.3 Å². The first-order chi connectivity index (χ1) is 10.2. The van der Waals surface area contributed by atoms with Gasteiger partial charge in [0.1, 0.15) is 0 Å². The number of carbonyl (C=O) groups is 1. The maximum Gasteiger partial charge on any atom is 0.337 e. The average molecular weight is 357 g/mol. The number of methoxy groups -OCH3 is 1. The van der Waals surface area contributed by atoms with Gasteiger partial charge in [-0.15, -0.1) is 0 Å². The maximum atomic E-state index is 11.4. The van der Waals surface area contributed by atoms with E-state index in [1.54, 1.807) is 12.1 Å². The van der Waals surface area contributed by atoms with Crippen molar-refractivity contribution >= 4 is 21.9 Å². The van der Waals surface area contributed by atoms with E-state index in [9.17, 15) is 4.79 Å². The molecule has 0 atom stereocenters. The van der Waals surface area contributed by atoms with Crippen LogP contribution in [0.5, 0.6) is 0 Å². The fourth-order valence-corrected chi connectivity index (χ4v) is 2.57. The van der Waals surface area contributed by atoms with Crippen LogP contribution in [0, 0.1) is 0 Å². The van der Waals surface area contributed by atoms with Crippen LogP contribution in [0.15, 0.2) is 22.7 Å². The molecule has 1 rings (SSSR count). The molecule has 1 aromatic rings. The Kier molecular flexibility index (Phi) is 9.35. The molecule has 0 N–H and O–H groups in total. The largest absolute Gasteiger partial charge is 0.465 e. The molecule has 118 valence electrons. The van der Waals surface area contributed by atoms with Gasteiger partial charge in [0.05, 0.1) is 19.3 Å². The van der Waals surface area contributed by atoms with Crippen LogP contribution in [-0.4, -0.2) is 19.7 Å². The zero-order chi connectivity index (χ0) is 15.5. The van der Waals surface area contributed by atoms with Gasteiger partial charge in [0, 0.05) is 11.1 Å². The highest BCUT2D eigenvalue weighted by Crippen LogP contribution is 2.20. The molecule has 21 heavy (non-hydrogen) atoms. The lowest BCUT2D eigenvalue weighted by Gasteiger charge is -2.08. The summed E-state index contributed by atoms with van der Waals surface area (Å²) in [5, 5.41) is 0. The Balaban J connectivity index is 2.25. The summed E-state index contributed by atoms with van der Waals surface area (Å²) in [4.78, 5) is 11.4. The Morgan fingerprint density at radius 2 is 1.86 bits per heavy atom. The van der Waals surface area contributed by atoms with E-state index in [1.807, 2.05) is 6.07 Å². The average Bonchev–Trinajstić information content (AvgIpc) is 2.50. The van der Waals surface area contributed by atoms with Gasteiger partial charge in [-0.05, 0) is 24.1 Å². The molecule has 0 unspecified atom stereocenters. The summed E-state index contributed by atoms with van der Waals surface area (Å²) >= 11 is 3.47. The van der Waals surface area contributed by atoms with E-state index in [1.165, 1.54) is 39.2 Å². The summed E-state index contributed by atoms with van der Waals surface area (Å²) in [6.07, 6.45) is 7.60. The molecular weight excluding hydrogens is 332 g/mol. The van der Waals surface area contributed by atoms with Gasteiger partial charge in [0.2, 0.25) is 0 Å². The quantitative estimate of drug-likeness (QED) is 0.431. The number of unbranched alkanes of at least 4 members (excludes halogenated alkanes) is 5. The van der Waals surface area contributed by atoms with Crippen molar-refractivity contribution in [2.24, 2.45) is 0 Å². The van der Waals surface area contributed by atoms with E-state index in [-0.39, 0.29) is 5.97 Å². The Hall–Kier alpha value is -0.870. The summed E-state index contributed by atoms with van der Waals surface area (Å²) in [6.45, 7) is 3.58. The molecule has 0 heterocycles. The van der Waals surface area contributed by atoms with E-state index >= 15 is 0 Å². The molecule has 0 aliphatic carbocycles. The molecule has 4 heteroatoms. The molecule has 0 saturated carbocycles. The van der Waals surface area contributed by atoms with Crippen LogP contribution < -0.4 is 0 Å². The first-order valence-corrected chi connectivity index (χ1v) is 8.42. The molecule has 1 aromatic carbocycles. The highest BCUT2D eigenvalue weighted by molar-refractivity contribution is 9.10. The standard InChI is InChI=1S/C17H25BrO3/c1-3-4-5-6-7-8-11-21-13-15-10-9-14(12-16(15)18)17(19)20-2/h9-10,12H,3-8,11,13H2,1-2H3. The third-order valence-corrected chi connectivity index (χ3v) is 4.11. The molecule has 0 amide bonds. The summed E-state index contributed by atoms with van der Waals surface area (Å²) < 4.78 is 11.3. The number of halogens is 1. The van der Waals surface area contributed by atoms with Crippen LogP contribution in [0.1, 0.15) is 61.4 Å². The van der Waals surface area contributed by atoms with Gasteiger partial charge in [-0.25, -0.2) is 4.79 Å². The molecule has 0 aliphatic heterocycles. The van der Waals surface area contributed by atoms with E-state index in [2.05, 4.69) is 22.9 Å². The molecule has 0 saturated heterocycles. The Bertz CT molecular complexity index is 432. The third-order valence-electron chi connectivity index (χ3n) is 3.37. The summed E-state index contributed by atoms with van der Waals surface area (Å²) in [5.74, 6) is -0.324. The molecule has 0 aliphatic rings. The first-order valence-electron chi connectivity index (χ1n) is 7.63. The smallest absolute Gasteiger partial charge is 0.337 e. The maximum absolute atomic E-state index is 11.4. The lowest BCUT2D eigenvalue weighted by molar-refractivity contribution is 0.0600. The lowest BCUT2D eigenvalue weighted by atomic mass is 10.1. The van der Waals surface area contributed by atoms with Crippen molar-refractivity contribution in [3.8, 4) is 0 Å². The second-order valence-electron chi connectivity index (χ2n) is 5.12. The lowest BCUT2D eigenvalue weighted by Crippen LogP contribution is -2.02. The fraction of sp³-hybridized carbons (Fsp3) is 0.588. The predicted molar refractivity (Wildman–Crippen MR) is 88.5 cm³/mol. The van der Waals surface area contributed by atoms with Crippen molar-refractivity contribution in [1.82, 2.24) is 0 Å². The highest BCUT2D eigenvalue weighted by atomic mass is 79.9. The second-order valence-corrected chi connectivity index (χ2v) is 5.97. The normalized spacial score (nSPS) is 10.6. The van der Waals surface area contributed by atoms with E-state index < -0.39 is 0 Å². The van der Waals surface area contributed by atoms with E-state index in [0.29, 0.717) is 12.2 Å². The molecule has 0 spiro atoms. The van der Waals surface area contributed by atoms with Crippen molar-refractivity contribution in [3.63, 3.8) is 0 Å². The van der Waals surface area contributed by atoms with Crippen molar-refractivity contribution in [2.75, 3.05) is 13.7 Å². The molecule has 3 nitrogen and oxygen atoms in total. The van der Waals surface area contributed by atoms with Crippen molar-refractivity contribution in [2.45, 2.75) is 52.1 Å². The molecule has 0 fully saturated rings. The van der Waals surface area contributed by atoms with Crippen molar-refractivity contribution in [3.05, 3.63) is 33.8 Å². The second kappa shape index (κ2) is 10.8. The first kappa shape index (κ1) is 18.2. The number of carbonyl (C=O) groups excluding carboxylic acids is 1.